The number of hydrogen-bond donors (Lipinski definition) is 2. The highest BCUT2D eigenvalue weighted by atomic mass is 35.5. The van der Waals surface area contributed by atoms with E-state index in [2.05, 4.69) is 10.6 Å². The number of amides is 2. The maximum absolute atomic E-state index is 12.7. The molecule has 3 aromatic carbocycles. The Bertz CT molecular complexity index is 1130. The molecule has 2 N–H and O–H groups in total. The molecule has 0 radical (unpaired) electrons. The van der Waals surface area contributed by atoms with Gasteiger partial charge in [-0.3, -0.25) is 19.7 Å². The fraction of sp³-hybridized carbons (Fsp3) is 0.0476. The molecule has 152 valence electrons. The summed E-state index contributed by atoms with van der Waals surface area (Å²) in [6.07, 6.45) is 0. The van der Waals surface area contributed by atoms with Gasteiger partial charge in [0.1, 0.15) is 11.3 Å². The minimum atomic E-state index is -0.736. The van der Waals surface area contributed by atoms with Crippen molar-refractivity contribution >= 4 is 40.5 Å². The molecule has 2 amide bonds. The first-order chi connectivity index (χ1) is 14.4. The maximum atomic E-state index is 12.7. The fourth-order valence-corrected chi connectivity index (χ4v) is 2.89. The van der Waals surface area contributed by atoms with Crippen LogP contribution < -0.4 is 15.4 Å². The zero-order chi connectivity index (χ0) is 21.7. The molecule has 0 atom stereocenters. The van der Waals surface area contributed by atoms with E-state index in [-0.39, 0.29) is 21.8 Å². The molecule has 8 nitrogen and oxygen atoms in total. The number of anilines is 2. The topological polar surface area (TPSA) is 111 Å². The SMILES string of the molecule is COc1cccc(NC(=O)c2ccccc2NC(=O)c2ccc(Cl)cc2[N+](=O)[O-])c1. The van der Waals surface area contributed by atoms with Crippen LogP contribution in [0.5, 0.6) is 5.75 Å². The Balaban J connectivity index is 1.86. The maximum Gasteiger partial charge on any atom is 0.283 e. The second-order valence-electron chi connectivity index (χ2n) is 6.10. The van der Waals surface area contributed by atoms with E-state index in [0.29, 0.717) is 11.4 Å². The van der Waals surface area contributed by atoms with E-state index >= 15 is 0 Å². The number of methoxy groups -OCH3 is 1. The van der Waals surface area contributed by atoms with Crippen LogP contribution in [0.3, 0.4) is 0 Å². The van der Waals surface area contributed by atoms with E-state index in [1.807, 2.05) is 0 Å². The third kappa shape index (κ3) is 4.73. The first-order valence-electron chi connectivity index (χ1n) is 8.69. The first kappa shape index (κ1) is 20.8. The second kappa shape index (κ2) is 9.06. The Labute approximate surface area is 176 Å². The number of nitro groups is 1. The van der Waals surface area contributed by atoms with Gasteiger partial charge in [-0.2, -0.15) is 0 Å². The van der Waals surface area contributed by atoms with Crippen LogP contribution in [-0.4, -0.2) is 23.8 Å². The molecule has 9 heteroatoms. The molecule has 0 fully saturated rings. The summed E-state index contributed by atoms with van der Waals surface area (Å²) in [4.78, 5) is 36.0. The second-order valence-corrected chi connectivity index (χ2v) is 6.54. The smallest absolute Gasteiger partial charge is 0.283 e. The van der Waals surface area contributed by atoms with Crippen LogP contribution in [0.25, 0.3) is 0 Å². The fourth-order valence-electron chi connectivity index (χ4n) is 2.73. The predicted octanol–water partition coefficient (Wildman–Crippen LogP) is 4.76. The number of halogens is 1. The number of nitrogens with zero attached hydrogens (tertiary/aromatic N) is 1. The number of benzene rings is 3. The number of para-hydroxylation sites is 1. The van der Waals surface area contributed by atoms with Gasteiger partial charge in [0.05, 0.1) is 23.3 Å². The van der Waals surface area contributed by atoms with Gasteiger partial charge in [0.15, 0.2) is 0 Å². The van der Waals surface area contributed by atoms with Crippen LogP contribution in [-0.2, 0) is 0 Å². The van der Waals surface area contributed by atoms with Crippen LogP contribution in [0, 0.1) is 10.1 Å². The van der Waals surface area contributed by atoms with Gasteiger partial charge in [-0.15, -0.1) is 0 Å². The third-order valence-corrected chi connectivity index (χ3v) is 4.38. The Kier molecular flexibility index (Phi) is 6.29. The molecule has 3 rings (SSSR count). The van der Waals surface area contributed by atoms with Gasteiger partial charge in [-0.05, 0) is 36.4 Å². The van der Waals surface area contributed by atoms with Gasteiger partial charge in [-0.1, -0.05) is 29.8 Å². The minimum Gasteiger partial charge on any atom is -0.497 e. The number of carbonyl (C=O) groups excluding carboxylic acids is 2. The molecule has 0 aliphatic rings. The summed E-state index contributed by atoms with van der Waals surface area (Å²) in [5, 5.41) is 16.7. The number of ether oxygens (including phenoxy) is 1. The van der Waals surface area contributed by atoms with E-state index in [1.54, 1.807) is 36.4 Å². The van der Waals surface area contributed by atoms with Gasteiger partial charge >= 0.3 is 0 Å². The molecule has 0 bridgehead atoms. The average molecular weight is 426 g/mol. The van der Waals surface area contributed by atoms with Crippen LogP contribution in [0.2, 0.25) is 5.02 Å². The van der Waals surface area contributed by atoms with Gasteiger partial charge in [0.25, 0.3) is 17.5 Å². The van der Waals surface area contributed by atoms with Crippen molar-refractivity contribution in [3.05, 3.63) is 93.0 Å². The first-order valence-corrected chi connectivity index (χ1v) is 9.06. The highest BCUT2D eigenvalue weighted by Gasteiger charge is 2.22. The summed E-state index contributed by atoms with van der Waals surface area (Å²) in [7, 11) is 1.52. The average Bonchev–Trinajstić information content (AvgIpc) is 2.74. The quantitative estimate of drug-likeness (QED) is 0.437. The molecular weight excluding hydrogens is 410 g/mol. The number of hydrogen-bond acceptors (Lipinski definition) is 5. The van der Waals surface area contributed by atoms with Crippen LogP contribution >= 0.6 is 11.6 Å². The number of nitrogens with one attached hydrogen (secondary N) is 2. The molecule has 0 aliphatic heterocycles. The molecule has 0 saturated carbocycles. The lowest BCUT2D eigenvalue weighted by molar-refractivity contribution is -0.385. The third-order valence-electron chi connectivity index (χ3n) is 4.15. The largest absolute Gasteiger partial charge is 0.497 e. The Morgan fingerprint density at radius 3 is 2.40 bits per heavy atom. The lowest BCUT2D eigenvalue weighted by Gasteiger charge is -2.12. The summed E-state index contributed by atoms with van der Waals surface area (Å²) in [6, 6.07) is 16.9. The molecule has 0 aliphatic carbocycles. The number of carbonyl (C=O) groups is 2. The van der Waals surface area contributed by atoms with E-state index in [9.17, 15) is 19.7 Å². The molecule has 0 heterocycles. The Hall–Kier alpha value is -3.91. The van der Waals surface area contributed by atoms with Gasteiger partial charge in [-0.25, -0.2) is 0 Å². The molecule has 3 aromatic rings. The lowest BCUT2D eigenvalue weighted by atomic mass is 10.1. The Morgan fingerprint density at radius 1 is 0.933 bits per heavy atom. The molecule has 0 saturated heterocycles. The lowest BCUT2D eigenvalue weighted by Crippen LogP contribution is -2.19. The highest BCUT2D eigenvalue weighted by molar-refractivity contribution is 6.31. The van der Waals surface area contributed by atoms with Crippen LogP contribution in [0.4, 0.5) is 17.1 Å². The zero-order valence-electron chi connectivity index (χ0n) is 15.7. The van der Waals surface area contributed by atoms with Crippen molar-refractivity contribution < 1.29 is 19.2 Å². The molecule has 0 aromatic heterocycles. The van der Waals surface area contributed by atoms with E-state index in [4.69, 9.17) is 16.3 Å². The van der Waals surface area contributed by atoms with Crippen molar-refractivity contribution in [1.29, 1.82) is 0 Å². The number of rotatable bonds is 6. The van der Waals surface area contributed by atoms with E-state index in [1.165, 1.54) is 31.4 Å². The van der Waals surface area contributed by atoms with E-state index in [0.717, 1.165) is 6.07 Å². The normalized spacial score (nSPS) is 10.2. The van der Waals surface area contributed by atoms with Gasteiger partial charge < -0.3 is 15.4 Å². The monoisotopic (exact) mass is 425 g/mol. The van der Waals surface area contributed by atoms with Crippen molar-refractivity contribution in [2.24, 2.45) is 0 Å². The standard InChI is InChI=1S/C21H16ClN3O5/c1-30-15-6-4-5-14(12-15)23-20(26)16-7-2-3-8-18(16)24-21(27)17-10-9-13(22)11-19(17)25(28)29/h2-12H,1H3,(H,23,26)(H,24,27). The summed E-state index contributed by atoms with van der Waals surface area (Å²) in [5.41, 5.74) is 0.289. The van der Waals surface area contributed by atoms with Crippen molar-refractivity contribution in [2.45, 2.75) is 0 Å². The van der Waals surface area contributed by atoms with Crippen molar-refractivity contribution in [3.63, 3.8) is 0 Å². The highest BCUT2D eigenvalue weighted by Crippen LogP contribution is 2.25. The van der Waals surface area contributed by atoms with E-state index < -0.39 is 22.4 Å². The minimum absolute atomic E-state index is 0.135. The van der Waals surface area contributed by atoms with Gasteiger partial charge in [0, 0.05) is 22.8 Å². The molecule has 0 unspecified atom stereocenters. The van der Waals surface area contributed by atoms with Crippen molar-refractivity contribution in [3.8, 4) is 5.75 Å². The summed E-state index contributed by atoms with van der Waals surface area (Å²) < 4.78 is 5.13. The predicted molar refractivity (Wildman–Crippen MR) is 113 cm³/mol. The summed E-state index contributed by atoms with van der Waals surface area (Å²) in [5.74, 6) is -0.630. The molecular formula is C21H16ClN3O5. The van der Waals surface area contributed by atoms with Crippen LogP contribution in [0.15, 0.2) is 66.7 Å². The molecule has 0 spiro atoms. The van der Waals surface area contributed by atoms with Crippen molar-refractivity contribution in [1.82, 2.24) is 0 Å². The van der Waals surface area contributed by atoms with Crippen molar-refractivity contribution in [2.75, 3.05) is 17.7 Å². The van der Waals surface area contributed by atoms with Gasteiger partial charge in [0.2, 0.25) is 0 Å². The van der Waals surface area contributed by atoms with Crippen LogP contribution in [0.1, 0.15) is 20.7 Å². The zero-order valence-corrected chi connectivity index (χ0v) is 16.5. The molecule has 30 heavy (non-hydrogen) atoms. The summed E-state index contributed by atoms with van der Waals surface area (Å²) >= 11 is 5.79. The summed E-state index contributed by atoms with van der Waals surface area (Å²) in [6.45, 7) is 0. The Morgan fingerprint density at radius 2 is 1.67 bits per heavy atom. The number of nitro benzene ring substituents is 1.